The van der Waals surface area contributed by atoms with Gasteiger partial charge in [-0.2, -0.15) is 0 Å². The summed E-state index contributed by atoms with van der Waals surface area (Å²) in [6.45, 7) is 10.7. The summed E-state index contributed by atoms with van der Waals surface area (Å²) in [5.74, 6) is 2.55. The van der Waals surface area contributed by atoms with Crippen LogP contribution in [-0.4, -0.2) is 27.3 Å². The number of nitrogens with one attached hydrogen (secondary N) is 2. The van der Waals surface area contributed by atoms with Crippen LogP contribution in [0, 0.1) is 6.92 Å². The van der Waals surface area contributed by atoms with Gasteiger partial charge in [0.2, 0.25) is 0 Å². The van der Waals surface area contributed by atoms with E-state index in [1.54, 1.807) is 0 Å². The summed E-state index contributed by atoms with van der Waals surface area (Å²) < 4.78 is 1.98. The summed E-state index contributed by atoms with van der Waals surface area (Å²) in [7, 11) is 1.97. The maximum absolute atomic E-state index is 4.76. The van der Waals surface area contributed by atoms with Gasteiger partial charge in [-0.15, -0.1) is 34.2 Å². The van der Waals surface area contributed by atoms with E-state index in [-0.39, 0.29) is 29.4 Å². The number of hydrogen-bond donors (Lipinski definition) is 2. The standard InChI is InChI=1S/C25H34N6.HI/c1-19-29-30-23(31(19)5)18-28-24(27-17-21-9-7-6-8-10-21)26-16-15-20-11-13-22(14-12-20)25(2,3)4;/h6-14H,15-18H2,1-5H3,(H2,26,27,28);1H. The highest BCUT2D eigenvalue weighted by molar-refractivity contribution is 14.0. The summed E-state index contributed by atoms with van der Waals surface area (Å²) in [4.78, 5) is 4.76. The van der Waals surface area contributed by atoms with Gasteiger partial charge in [0.05, 0.1) is 13.1 Å². The van der Waals surface area contributed by atoms with Crippen molar-refractivity contribution >= 4 is 29.9 Å². The Bertz CT molecular complexity index is 988. The van der Waals surface area contributed by atoms with Gasteiger partial charge in [0, 0.05) is 13.6 Å². The average Bonchev–Trinajstić information content (AvgIpc) is 3.08. The van der Waals surface area contributed by atoms with Crippen LogP contribution in [0.2, 0.25) is 0 Å². The average molecular weight is 547 g/mol. The molecule has 0 bridgehead atoms. The summed E-state index contributed by atoms with van der Waals surface area (Å²) in [6.07, 6.45) is 0.930. The first kappa shape index (κ1) is 25.8. The maximum Gasteiger partial charge on any atom is 0.191 e. The van der Waals surface area contributed by atoms with Gasteiger partial charge < -0.3 is 15.2 Å². The Morgan fingerprint density at radius 1 is 0.938 bits per heavy atom. The van der Waals surface area contributed by atoms with Crippen LogP contribution in [-0.2, 0) is 32.0 Å². The fourth-order valence-corrected chi connectivity index (χ4v) is 3.19. The Balaban J connectivity index is 0.00000363. The number of aliphatic imine (C=N–C) groups is 1. The Morgan fingerprint density at radius 3 is 2.22 bits per heavy atom. The summed E-state index contributed by atoms with van der Waals surface area (Å²) in [6, 6.07) is 19.2. The van der Waals surface area contributed by atoms with Crippen molar-refractivity contribution in [3.05, 3.63) is 82.9 Å². The van der Waals surface area contributed by atoms with Crippen molar-refractivity contribution in [1.82, 2.24) is 25.4 Å². The van der Waals surface area contributed by atoms with Gasteiger partial charge >= 0.3 is 0 Å². The number of guanidine groups is 1. The second-order valence-corrected chi connectivity index (χ2v) is 8.85. The Labute approximate surface area is 209 Å². The summed E-state index contributed by atoms with van der Waals surface area (Å²) in [5, 5.41) is 15.2. The van der Waals surface area contributed by atoms with Crippen molar-refractivity contribution in [2.75, 3.05) is 6.54 Å². The van der Waals surface area contributed by atoms with Gasteiger partial charge in [-0.25, -0.2) is 4.99 Å². The molecular weight excluding hydrogens is 511 g/mol. The van der Waals surface area contributed by atoms with Crippen LogP contribution >= 0.6 is 24.0 Å². The van der Waals surface area contributed by atoms with Gasteiger partial charge in [0.1, 0.15) is 5.82 Å². The number of halogens is 1. The molecule has 1 heterocycles. The first-order valence-corrected chi connectivity index (χ1v) is 10.8. The molecule has 0 saturated carbocycles. The number of aromatic nitrogens is 3. The number of nitrogens with zero attached hydrogens (tertiary/aromatic N) is 4. The van der Waals surface area contributed by atoms with Crippen molar-refractivity contribution in [3.8, 4) is 0 Å². The van der Waals surface area contributed by atoms with Crippen LogP contribution in [0.15, 0.2) is 59.6 Å². The molecule has 1 aromatic heterocycles. The molecule has 6 nitrogen and oxygen atoms in total. The Kier molecular flexibility index (Phi) is 9.68. The molecular formula is C25H35IN6. The minimum absolute atomic E-state index is 0. The largest absolute Gasteiger partial charge is 0.356 e. The highest BCUT2D eigenvalue weighted by Gasteiger charge is 2.12. The smallest absolute Gasteiger partial charge is 0.191 e. The van der Waals surface area contributed by atoms with Crippen molar-refractivity contribution in [1.29, 1.82) is 0 Å². The molecule has 0 spiro atoms. The zero-order chi connectivity index (χ0) is 22.3. The monoisotopic (exact) mass is 546 g/mol. The van der Waals surface area contributed by atoms with E-state index in [1.807, 2.05) is 36.7 Å². The topological polar surface area (TPSA) is 67.1 Å². The third kappa shape index (κ3) is 7.62. The first-order chi connectivity index (χ1) is 14.8. The molecule has 0 unspecified atom stereocenters. The molecule has 2 aromatic carbocycles. The van der Waals surface area contributed by atoms with E-state index in [0.29, 0.717) is 13.1 Å². The fraction of sp³-hybridized carbons (Fsp3) is 0.400. The van der Waals surface area contributed by atoms with Gasteiger partial charge in [-0.1, -0.05) is 75.4 Å². The molecule has 0 saturated heterocycles. The fourth-order valence-electron chi connectivity index (χ4n) is 3.19. The molecule has 172 valence electrons. The van der Waals surface area contributed by atoms with E-state index in [1.165, 1.54) is 16.7 Å². The van der Waals surface area contributed by atoms with E-state index in [0.717, 1.165) is 30.6 Å². The predicted octanol–water partition coefficient (Wildman–Crippen LogP) is 4.52. The van der Waals surface area contributed by atoms with Gasteiger partial charge in [-0.05, 0) is 35.4 Å². The molecule has 0 aliphatic rings. The molecule has 3 rings (SSSR count). The molecule has 0 aliphatic heterocycles. The summed E-state index contributed by atoms with van der Waals surface area (Å²) >= 11 is 0. The van der Waals surface area contributed by atoms with Gasteiger partial charge in [0.15, 0.2) is 11.8 Å². The molecule has 0 amide bonds. The minimum atomic E-state index is 0. The normalized spacial score (nSPS) is 11.7. The Hall–Kier alpha value is -2.42. The van der Waals surface area contributed by atoms with Crippen molar-refractivity contribution < 1.29 is 0 Å². The summed E-state index contributed by atoms with van der Waals surface area (Å²) in [5.41, 5.74) is 4.02. The molecule has 32 heavy (non-hydrogen) atoms. The lowest BCUT2D eigenvalue weighted by Crippen LogP contribution is -2.38. The third-order valence-corrected chi connectivity index (χ3v) is 5.39. The van der Waals surface area contributed by atoms with Gasteiger partial charge in [-0.3, -0.25) is 0 Å². The van der Waals surface area contributed by atoms with Crippen LogP contribution in [0.5, 0.6) is 0 Å². The number of benzene rings is 2. The molecule has 0 fully saturated rings. The molecule has 0 radical (unpaired) electrons. The molecule has 0 aliphatic carbocycles. The number of aryl methyl sites for hydroxylation is 1. The van der Waals surface area contributed by atoms with Crippen LogP contribution in [0.1, 0.15) is 49.1 Å². The zero-order valence-corrected chi connectivity index (χ0v) is 22.1. The minimum Gasteiger partial charge on any atom is -0.356 e. The van der Waals surface area contributed by atoms with E-state index < -0.39 is 0 Å². The van der Waals surface area contributed by atoms with E-state index in [9.17, 15) is 0 Å². The van der Waals surface area contributed by atoms with E-state index >= 15 is 0 Å². The zero-order valence-electron chi connectivity index (χ0n) is 19.7. The lowest BCUT2D eigenvalue weighted by molar-refractivity contribution is 0.590. The van der Waals surface area contributed by atoms with Crippen LogP contribution in [0.4, 0.5) is 0 Å². The van der Waals surface area contributed by atoms with Crippen molar-refractivity contribution in [2.45, 2.75) is 52.6 Å². The second-order valence-electron chi connectivity index (χ2n) is 8.85. The SMILES string of the molecule is Cc1nnc(CNC(=NCc2ccccc2)NCCc2ccc(C(C)(C)C)cc2)n1C.I. The highest BCUT2D eigenvalue weighted by atomic mass is 127. The van der Waals surface area contributed by atoms with Crippen molar-refractivity contribution in [2.24, 2.45) is 12.0 Å². The van der Waals surface area contributed by atoms with E-state index in [4.69, 9.17) is 4.99 Å². The quantitative estimate of drug-likeness (QED) is 0.260. The Morgan fingerprint density at radius 2 is 1.62 bits per heavy atom. The molecule has 3 aromatic rings. The lowest BCUT2D eigenvalue weighted by atomic mass is 9.86. The highest BCUT2D eigenvalue weighted by Crippen LogP contribution is 2.22. The first-order valence-electron chi connectivity index (χ1n) is 10.8. The van der Waals surface area contributed by atoms with Crippen LogP contribution < -0.4 is 10.6 Å². The van der Waals surface area contributed by atoms with Gasteiger partial charge in [0.25, 0.3) is 0 Å². The van der Waals surface area contributed by atoms with E-state index in [2.05, 4.69) is 78.0 Å². The number of rotatable bonds is 7. The molecule has 7 heteroatoms. The third-order valence-electron chi connectivity index (χ3n) is 5.39. The molecule has 2 N–H and O–H groups in total. The maximum atomic E-state index is 4.76. The van der Waals surface area contributed by atoms with Crippen LogP contribution in [0.3, 0.4) is 0 Å². The lowest BCUT2D eigenvalue weighted by Gasteiger charge is -2.19. The second kappa shape index (κ2) is 12.0. The van der Waals surface area contributed by atoms with Crippen LogP contribution in [0.25, 0.3) is 0 Å². The molecule has 0 atom stereocenters. The van der Waals surface area contributed by atoms with Crippen molar-refractivity contribution in [3.63, 3.8) is 0 Å². The predicted molar refractivity (Wildman–Crippen MR) is 142 cm³/mol. The number of hydrogen-bond acceptors (Lipinski definition) is 3.